The molecule has 0 saturated heterocycles. The molecule has 1 heterocycles. The van der Waals surface area contributed by atoms with Crippen LogP contribution >= 0.6 is 35.7 Å². The zero-order valence-electron chi connectivity index (χ0n) is 16.6. The Balaban J connectivity index is 0.00000338. The molecule has 26 heavy (non-hydrogen) atoms. The molecule has 2 atom stereocenters. The Hall–Kier alpha value is -0.510. The largest absolute Gasteiger partial charge is 0.356 e. The monoisotopic (exact) mass is 494 g/mol. The van der Waals surface area contributed by atoms with Gasteiger partial charge in [-0.05, 0) is 38.4 Å². The molecule has 0 amide bonds. The van der Waals surface area contributed by atoms with E-state index in [0.29, 0.717) is 12.6 Å². The average molecular weight is 494 g/mol. The topological polar surface area (TPSA) is 67.1 Å². The smallest absolute Gasteiger partial charge is 0.191 e. The van der Waals surface area contributed by atoms with E-state index in [-0.39, 0.29) is 24.0 Å². The van der Waals surface area contributed by atoms with Crippen LogP contribution in [0.3, 0.4) is 0 Å². The molecule has 1 fully saturated rings. The van der Waals surface area contributed by atoms with Crippen molar-refractivity contribution in [1.29, 1.82) is 0 Å². The van der Waals surface area contributed by atoms with Gasteiger partial charge in [-0.3, -0.25) is 0 Å². The van der Waals surface area contributed by atoms with Crippen LogP contribution in [0, 0.1) is 6.92 Å². The zero-order chi connectivity index (χ0) is 18.1. The molecule has 1 aromatic heterocycles. The molecule has 1 aliphatic rings. The van der Waals surface area contributed by atoms with Gasteiger partial charge in [0.2, 0.25) is 0 Å². The quantitative estimate of drug-likeness (QED) is 0.250. The Bertz CT molecular complexity index is 546. The van der Waals surface area contributed by atoms with E-state index < -0.39 is 0 Å². The minimum absolute atomic E-state index is 0. The van der Waals surface area contributed by atoms with Crippen molar-refractivity contribution in [3.8, 4) is 0 Å². The second-order valence-corrected chi connectivity index (χ2v) is 8.33. The summed E-state index contributed by atoms with van der Waals surface area (Å²) in [6, 6.07) is 0.520. The maximum atomic E-state index is 4.77. The van der Waals surface area contributed by atoms with Gasteiger partial charge in [-0.1, -0.05) is 26.7 Å². The normalized spacial score (nSPS) is 20.5. The fourth-order valence-corrected chi connectivity index (χ4v) is 4.30. The van der Waals surface area contributed by atoms with Crippen LogP contribution in [0.4, 0.5) is 0 Å². The summed E-state index contributed by atoms with van der Waals surface area (Å²) in [5.74, 6) is 3.95. The lowest BCUT2D eigenvalue weighted by atomic mass is 9.95. The first-order valence-electron chi connectivity index (χ1n) is 9.65. The number of nitrogens with one attached hydrogen (secondary N) is 2. The Kier molecular flexibility index (Phi) is 11.6. The van der Waals surface area contributed by atoms with E-state index in [1.807, 2.05) is 18.5 Å². The maximum absolute atomic E-state index is 4.77. The molecule has 1 aromatic rings. The Labute approximate surface area is 179 Å². The minimum Gasteiger partial charge on any atom is -0.356 e. The highest BCUT2D eigenvalue weighted by atomic mass is 127. The fraction of sp³-hybridized carbons (Fsp3) is 0.833. The summed E-state index contributed by atoms with van der Waals surface area (Å²) in [4.78, 5) is 4.77. The van der Waals surface area contributed by atoms with Crippen molar-refractivity contribution in [2.45, 2.75) is 77.1 Å². The molecule has 1 aliphatic carbocycles. The number of aliphatic imine (C=N–C) groups is 1. The molecule has 2 N–H and O–H groups in total. The van der Waals surface area contributed by atoms with Crippen molar-refractivity contribution < 1.29 is 0 Å². The van der Waals surface area contributed by atoms with Crippen molar-refractivity contribution in [2.24, 2.45) is 12.0 Å². The van der Waals surface area contributed by atoms with Gasteiger partial charge in [-0.15, -0.1) is 34.2 Å². The number of rotatable bonds is 8. The molecule has 6 nitrogen and oxygen atoms in total. The Morgan fingerprint density at radius 3 is 2.77 bits per heavy atom. The number of aryl methyl sites for hydroxylation is 1. The highest BCUT2D eigenvalue weighted by Crippen LogP contribution is 2.28. The lowest BCUT2D eigenvalue weighted by Gasteiger charge is -2.30. The molecule has 0 radical (unpaired) electrons. The van der Waals surface area contributed by atoms with Crippen LogP contribution in [0.15, 0.2) is 4.99 Å². The fourth-order valence-electron chi connectivity index (χ4n) is 3.13. The van der Waals surface area contributed by atoms with E-state index in [9.17, 15) is 0 Å². The van der Waals surface area contributed by atoms with Crippen LogP contribution < -0.4 is 10.6 Å². The number of hydrogen-bond donors (Lipinski definition) is 2. The lowest BCUT2D eigenvalue weighted by Crippen LogP contribution is -2.46. The van der Waals surface area contributed by atoms with Gasteiger partial charge in [0.25, 0.3) is 0 Å². The number of halogens is 1. The summed E-state index contributed by atoms with van der Waals surface area (Å²) in [7, 11) is 1.99. The van der Waals surface area contributed by atoms with Gasteiger partial charge in [-0.2, -0.15) is 11.8 Å². The molecule has 0 spiro atoms. The first-order chi connectivity index (χ1) is 12.1. The van der Waals surface area contributed by atoms with Crippen molar-refractivity contribution in [2.75, 3.05) is 12.3 Å². The maximum Gasteiger partial charge on any atom is 0.191 e. The van der Waals surface area contributed by atoms with Crippen molar-refractivity contribution in [3.05, 3.63) is 11.6 Å². The van der Waals surface area contributed by atoms with Crippen molar-refractivity contribution >= 4 is 41.7 Å². The van der Waals surface area contributed by atoms with E-state index in [0.717, 1.165) is 35.8 Å². The molecule has 0 aliphatic heterocycles. The first-order valence-corrected chi connectivity index (χ1v) is 10.7. The Morgan fingerprint density at radius 1 is 1.31 bits per heavy atom. The number of thioether (sulfide) groups is 1. The third kappa shape index (κ3) is 7.62. The average Bonchev–Trinajstić information content (AvgIpc) is 2.92. The molecule has 1 saturated carbocycles. The number of aromatic nitrogens is 3. The van der Waals surface area contributed by atoms with Crippen LogP contribution in [0.25, 0.3) is 0 Å². The van der Waals surface area contributed by atoms with E-state index in [4.69, 9.17) is 4.99 Å². The van der Waals surface area contributed by atoms with Crippen LogP contribution in [0.1, 0.15) is 64.0 Å². The van der Waals surface area contributed by atoms with E-state index >= 15 is 0 Å². The van der Waals surface area contributed by atoms with Gasteiger partial charge in [0, 0.05) is 24.9 Å². The molecule has 2 unspecified atom stereocenters. The summed E-state index contributed by atoms with van der Waals surface area (Å²) in [5, 5.41) is 16.3. The highest BCUT2D eigenvalue weighted by molar-refractivity contribution is 14.0. The van der Waals surface area contributed by atoms with Gasteiger partial charge in [0.15, 0.2) is 11.8 Å². The van der Waals surface area contributed by atoms with Crippen LogP contribution in [0.5, 0.6) is 0 Å². The van der Waals surface area contributed by atoms with E-state index in [1.165, 1.54) is 37.9 Å². The van der Waals surface area contributed by atoms with E-state index in [1.54, 1.807) is 0 Å². The standard InChI is InChI=1S/C18H34N6S.HI/c1-5-7-11-19-18(20-13-17-23-22-14(3)24(17)4)21-15-9-8-10-16(12-15)25-6-2;/h15-16H,5-13H2,1-4H3,(H2,19,20,21);1H. The number of nitrogens with zero attached hydrogens (tertiary/aromatic N) is 4. The zero-order valence-corrected chi connectivity index (χ0v) is 19.8. The second-order valence-electron chi connectivity index (χ2n) is 6.75. The lowest BCUT2D eigenvalue weighted by molar-refractivity contribution is 0.418. The van der Waals surface area contributed by atoms with Gasteiger partial charge in [0.1, 0.15) is 12.4 Å². The Morgan fingerprint density at radius 2 is 2.12 bits per heavy atom. The number of hydrogen-bond acceptors (Lipinski definition) is 4. The number of guanidine groups is 1. The first kappa shape index (κ1) is 23.5. The van der Waals surface area contributed by atoms with Crippen LogP contribution in [-0.4, -0.2) is 44.3 Å². The van der Waals surface area contributed by atoms with Crippen LogP contribution in [-0.2, 0) is 13.6 Å². The molecular weight excluding hydrogens is 459 g/mol. The predicted octanol–water partition coefficient (Wildman–Crippen LogP) is 3.64. The predicted molar refractivity (Wildman–Crippen MR) is 123 cm³/mol. The second kappa shape index (κ2) is 12.8. The van der Waals surface area contributed by atoms with Crippen LogP contribution in [0.2, 0.25) is 0 Å². The van der Waals surface area contributed by atoms with Gasteiger partial charge in [0.05, 0.1) is 0 Å². The molecule has 0 bridgehead atoms. The van der Waals surface area contributed by atoms with Crippen molar-refractivity contribution in [1.82, 2.24) is 25.4 Å². The third-order valence-electron chi connectivity index (χ3n) is 4.75. The van der Waals surface area contributed by atoms with Gasteiger partial charge < -0.3 is 15.2 Å². The molecule has 0 aromatic carbocycles. The van der Waals surface area contributed by atoms with Gasteiger partial charge in [-0.25, -0.2) is 4.99 Å². The van der Waals surface area contributed by atoms with Gasteiger partial charge >= 0.3 is 0 Å². The summed E-state index contributed by atoms with van der Waals surface area (Å²) >= 11 is 2.10. The molecular formula is C18H35IN6S. The van der Waals surface area contributed by atoms with E-state index in [2.05, 4.69) is 46.4 Å². The molecule has 150 valence electrons. The summed E-state index contributed by atoms with van der Waals surface area (Å²) in [5.41, 5.74) is 0. The summed E-state index contributed by atoms with van der Waals surface area (Å²) in [6.07, 6.45) is 7.46. The molecule has 8 heteroatoms. The number of unbranched alkanes of at least 4 members (excludes halogenated alkanes) is 1. The third-order valence-corrected chi connectivity index (χ3v) is 5.99. The SMILES string of the molecule is CCCCNC(=NCc1nnc(C)n1C)NC1CCCC(SCC)C1.I. The molecule has 2 rings (SSSR count). The summed E-state index contributed by atoms with van der Waals surface area (Å²) in [6.45, 7) is 7.94. The summed E-state index contributed by atoms with van der Waals surface area (Å²) < 4.78 is 2.00. The highest BCUT2D eigenvalue weighted by Gasteiger charge is 2.22. The van der Waals surface area contributed by atoms with Crippen molar-refractivity contribution in [3.63, 3.8) is 0 Å². The minimum atomic E-state index is 0.